The average Bonchev–Trinajstić information content (AvgIpc) is 3.69. The van der Waals surface area contributed by atoms with Gasteiger partial charge in [-0.15, -0.1) is 11.3 Å². The molecular weight excluding hydrogens is 721 g/mol. The zero-order valence-electron chi connectivity index (χ0n) is 30.4. The predicted octanol–water partition coefficient (Wildman–Crippen LogP) is 5.01. The Bertz CT molecular complexity index is 2130. The van der Waals surface area contributed by atoms with E-state index in [9.17, 15) is 24.6 Å². The molecule has 3 aromatic carbocycles. The van der Waals surface area contributed by atoms with E-state index in [4.69, 9.17) is 9.47 Å². The van der Waals surface area contributed by atoms with Crippen LogP contribution in [0.15, 0.2) is 89.0 Å². The van der Waals surface area contributed by atoms with Gasteiger partial charge >= 0.3 is 6.09 Å². The Balaban J connectivity index is 0.849. The molecule has 8 rings (SSSR count). The highest BCUT2D eigenvalue weighted by Gasteiger charge is 2.37. The Morgan fingerprint density at radius 1 is 0.982 bits per heavy atom. The summed E-state index contributed by atoms with van der Waals surface area (Å²) in [4.78, 5) is 47.1. The minimum absolute atomic E-state index is 0.0516. The summed E-state index contributed by atoms with van der Waals surface area (Å²) in [6.45, 7) is 4.51. The molecule has 3 fully saturated rings. The van der Waals surface area contributed by atoms with E-state index in [1.807, 2.05) is 54.6 Å². The molecular formula is C41H46N6O7S. The number of aliphatic hydroxyl groups is 1. The maximum absolute atomic E-state index is 13.2. The second-order valence-corrected chi connectivity index (χ2v) is 15.0. The Morgan fingerprint density at radius 2 is 1.78 bits per heavy atom. The van der Waals surface area contributed by atoms with Crippen LogP contribution in [-0.4, -0.2) is 82.5 Å². The normalized spacial score (nSPS) is 18.7. The molecule has 3 aliphatic rings. The van der Waals surface area contributed by atoms with Gasteiger partial charge in [-0.25, -0.2) is 9.78 Å². The lowest BCUT2D eigenvalue weighted by atomic mass is 9.86. The Morgan fingerprint density at radius 3 is 2.58 bits per heavy atom. The topological polar surface area (TPSA) is 178 Å². The molecule has 5 heterocycles. The molecule has 0 saturated carbocycles. The number of nitrogens with zero attached hydrogens (tertiary/aromatic N) is 2. The molecule has 14 heteroatoms. The van der Waals surface area contributed by atoms with Crippen molar-refractivity contribution in [2.45, 2.75) is 50.5 Å². The smallest absolute Gasteiger partial charge is 0.408 e. The van der Waals surface area contributed by atoms with Crippen molar-refractivity contribution in [1.29, 1.82) is 0 Å². The molecule has 2 aromatic heterocycles. The fourth-order valence-electron chi connectivity index (χ4n) is 7.31. The quantitative estimate of drug-likeness (QED) is 0.0749. The van der Waals surface area contributed by atoms with Gasteiger partial charge in [0.15, 0.2) is 0 Å². The van der Waals surface area contributed by atoms with Gasteiger partial charge in [-0.1, -0.05) is 48.5 Å². The van der Waals surface area contributed by atoms with Gasteiger partial charge in [-0.2, -0.15) is 0 Å². The van der Waals surface area contributed by atoms with Crippen molar-refractivity contribution in [3.8, 4) is 11.5 Å². The number of unbranched alkanes of at least 4 members (excludes halogenated alkanes) is 1. The maximum atomic E-state index is 13.2. The molecule has 6 N–H and O–H groups in total. The zero-order valence-corrected chi connectivity index (χ0v) is 31.2. The number of aromatic hydroxyl groups is 1. The Labute approximate surface area is 322 Å². The number of phenols is 1. The van der Waals surface area contributed by atoms with Crippen LogP contribution >= 0.6 is 11.3 Å². The van der Waals surface area contributed by atoms with Gasteiger partial charge in [0.2, 0.25) is 5.56 Å². The molecule has 0 radical (unpaired) electrons. The molecule has 2 bridgehead atoms. The van der Waals surface area contributed by atoms with E-state index in [0.717, 1.165) is 56.4 Å². The number of thiazole rings is 1. The van der Waals surface area contributed by atoms with Gasteiger partial charge in [-0.05, 0) is 92.2 Å². The van der Waals surface area contributed by atoms with Crippen LogP contribution in [0.5, 0.6) is 11.5 Å². The first-order chi connectivity index (χ1) is 26.8. The van der Waals surface area contributed by atoms with Gasteiger partial charge < -0.3 is 40.6 Å². The van der Waals surface area contributed by atoms with E-state index in [0.29, 0.717) is 51.9 Å². The lowest BCUT2D eigenvalue weighted by molar-refractivity contribution is -0.0336. The number of aromatic nitrogens is 2. The number of hydrogen-bond donors (Lipinski definition) is 6. The van der Waals surface area contributed by atoms with E-state index in [-0.39, 0.29) is 36.5 Å². The largest absolute Gasteiger partial charge is 0.506 e. The van der Waals surface area contributed by atoms with E-state index >= 15 is 0 Å². The number of piperidine rings is 3. The highest BCUT2D eigenvalue weighted by atomic mass is 32.1. The first-order valence-corrected chi connectivity index (χ1v) is 19.6. The van der Waals surface area contributed by atoms with Crippen molar-refractivity contribution in [3.05, 3.63) is 122 Å². The molecule has 3 aliphatic heterocycles. The number of ether oxygens (including phenoxy) is 2. The van der Waals surface area contributed by atoms with Crippen LogP contribution in [0.3, 0.4) is 0 Å². The Hall–Kier alpha value is -5.28. The van der Waals surface area contributed by atoms with Gasteiger partial charge in [0.05, 0.1) is 17.7 Å². The van der Waals surface area contributed by atoms with Gasteiger partial charge in [0, 0.05) is 36.5 Å². The zero-order chi connectivity index (χ0) is 38.1. The molecule has 0 spiro atoms. The Kier molecular flexibility index (Phi) is 12.4. The van der Waals surface area contributed by atoms with Crippen molar-refractivity contribution in [2.75, 3.05) is 39.3 Å². The number of carbonyl (C=O) groups excluding carboxylic acids is 2. The fraction of sp³-hybridized carbons (Fsp3) is 0.366. The third-order valence-electron chi connectivity index (χ3n) is 10.3. The van der Waals surface area contributed by atoms with Crippen LogP contribution in [0.1, 0.15) is 70.0 Å². The minimum Gasteiger partial charge on any atom is -0.506 e. The van der Waals surface area contributed by atoms with E-state index in [2.05, 4.69) is 30.8 Å². The molecule has 3 atom stereocenters. The third-order valence-corrected chi connectivity index (χ3v) is 11.1. The summed E-state index contributed by atoms with van der Waals surface area (Å²) in [5.41, 5.74) is 2.68. The SMILES string of the molecule is O=C(N[C@@H](c1ccccc1)c1cccc(OCc2nc(C(=O)NCCCCNCC(O)c3ccc(O)c4[nH]c(=O)ccc34)cs2)c1)OC1CN2CCC1CC2. The maximum Gasteiger partial charge on any atom is 0.408 e. The molecule has 0 aliphatic carbocycles. The number of fused-ring (bicyclic) bond motifs is 4. The number of aromatic amines is 1. The van der Waals surface area contributed by atoms with Crippen LogP contribution in [-0.2, 0) is 11.3 Å². The second-order valence-electron chi connectivity index (χ2n) is 14.0. The highest BCUT2D eigenvalue weighted by molar-refractivity contribution is 7.09. The summed E-state index contributed by atoms with van der Waals surface area (Å²) in [5.74, 6) is 0.718. The monoisotopic (exact) mass is 766 g/mol. The minimum atomic E-state index is -0.834. The number of alkyl carbamates (subject to hydrolysis) is 1. The number of pyridine rings is 1. The summed E-state index contributed by atoms with van der Waals surface area (Å²) in [5, 5.41) is 33.0. The first-order valence-electron chi connectivity index (χ1n) is 18.7. The van der Waals surface area contributed by atoms with Gasteiger partial charge in [0.1, 0.15) is 34.9 Å². The number of phenolic OH excluding ortho intramolecular Hbond substituents is 1. The third kappa shape index (κ3) is 9.70. The van der Waals surface area contributed by atoms with Crippen molar-refractivity contribution >= 4 is 34.2 Å². The van der Waals surface area contributed by atoms with Crippen LogP contribution in [0.2, 0.25) is 0 Å². The summed E-state index contributed by atoms with van der Waals surface area (Å²) in [6.07, 6.45) is 2.27. The first kappa shape index (κ1) is 38.0. The number of carbonyl (C=O) groups is 2. The van der Waals surface area contributed by atoms with Crippen molar-refractivity contribution in [1.82, 2.24) is 30.8 Å². The number of amides is 2. The summed E-state index contributed by atoms with van der Waals surface area (Å²) in [7, 11) is 0. The van der Waals surface area contributed by atoms with Gasteiger partial charge in [0.25, 0.3) is 5.91 Å². The number of benzene rings is 3. The van der Waals surface area contributed by atoms with E-state index in [1.165, 1.54) is 23.5 Å². The molecule has 55 heavy (non-hydrogen) atoms. The molecule has 3 saturated heterocycles. The second kappa shape index (κ2) is 17.9. The lowest BCUT2D eigenvalue weighted by Gasteiger charge is -2.43. The van der Waals surface area contributed by atoms with Crippen LogP contribution in [0.4, 0.5) is 4.79 Å². The van der Waals surface area contributed by atoms with Crippen LogP contribution in [0.25, 0.3) is 10.9 Å². The molecule has 288 valence electrons. The standard InChI is InChI=1S/C41H46N6O7S/c48-33-13-11-30(31-12-14-36(50)45-39(31)33)34(49)22-42-17-4-5-18-43-40(51)32-25-55-37(44-32)24-53-29-10-6-9-28(21-29)38(27-7-2-1-3-8-27)46-41(52)54-35-23-47-19-15-26(35)16-20-47/h1-3,6-14,21,25-26,34-35,38,42,48-49H,4-5,15-20,22-24H2,(H,43,51)(H,45,50)(H,46,52)/t34?,35?,38-/m0/s1. The van der Waals surface area contributed by atoms with Gasteiger partial charge in [-0.3, -0.25) is 14.5 Å². The van der Waals surface area contributed by atoms with E-state index < -0.39 is 18.2 Å². The number of hydrogen-bond acceptors (Lipinski definition) is 11. The number of rotatable bonds is 16. The molecule has 2 unspecified atom stereocenters. The molecule has 13 nitrogen and oxygen atoms in total. The van der Waals surface area contributed by atoms with Crippen LogP contribution < -0.4 is 26.2 Å². The summed E-state index contributed by atoms with van der Waals surface area (Å²) >= 11 is 1.35. The summed E-state index contributed by atoms with van der Waals surface area (Å²) < 4.78 is 12.1. The number of aliphatic hydroxyl groups excluding tert-OH is 1. The van der Waals surface area contributed by atoms with Crippen molar-refractivity contribution < 1.29 is 29.3 Å². The highest BCUT2D eigenvalue weighted by Crippen LogP contribution is 2.31. The fourth-order valence-corrected chi connectivity index (χ4v) is 8.00. The number of nitrogens with one attached hydrogen (secondary N) is 4. The lowest BCUT2D eigenvalue weighted by Crippen LogP contribution is -2.52. The van der Waals surface area contributed by atoms with Crippen LogP contribution in [0, 0.1) is 5.92 Å². The molecule has 2 amide bonds. The summed E-state index contributed by atoms with van der Waals surface area (Å²) in [6, 6.07) is 23.0. The van der Waals surface area contributed by atoms with Crippen molar-refractivity contribution in [2.24, 2.45) is 5.92 Å². The average molecular weight is 767 g/mol. The molecule has 5 aromatic rings. The number of H-pyrrole nitrogens is 1. The van der Waals surface area contributed by atoms with Crippen molar-refractivity contribution in [3.63, 3.8) is 0 Å². The predicted molar refractivity (Wildman–Crippen MR) is 209 cm³/mol. The van der Waals surface area contributed by atoms with E-state index in [1.54, 1.807) is 17.5 Å².